The van der Waals surface area contributed by atoms with E-state index in [0.29, 0.717) is 5.75 Å². The maximum Gasteiger partial charge on any atom is 0.231 e. The van der Waals surface area contributed by atoms with Crippen molar-refractivity contribution in [1.29, 1.82) is 0 Å². The van der Waals surface area contributed by atoms with Crippen molar-refractivity contribution in [2.24, 2.45) is 0 Å². The van der Waals surface area contributed by atoms with E-state index in [0.717, 1.165) is 21.4 Å². The molecule has 1 atom stereocenters. The van der Waals surface area contributed by atoms with Crippen molar-refractivity contribution in [3.05, 3.63) is 59.9 Å². The second-order valence-corrected chi connectivity index (χ2v) is 7.04. The number of amides is 1. The molecule has 0 bridgehead atoms. The summed E-state index contributed by atoms with van der Waals surface area (Å²) in [5.41, 5.74) is 2.04. The number of rotatable bonds is 6. The number of nitrogens with zero attached hydrogens (tertiary/aromatic N) is 1. The summed E-state index contributed by atoms with van der Waals surface area (Å²) in [5.74, 6) is 1.06. The van der Waals surface area contributed by atoms with Crippen molar-refractivity contribution in [2.45, 2.75) is 17.3 Å². The van der Waals surface area contributed by atoms with Gasteiger partial charge in [-0.15, -0.1) is 11.3 Å². The smallest absolute Gasteiger partial charge is 0.231 e. The van der Waals surface area contributed by atoms with Gasteiger partial charge >= 0.3 is 0 Å². The zero-order chi connectivity index (χ0) is 16.1. The number of aromatic nitrogens is 1. The number of carbonyl (C=O) groups is 1. The van der Waals surface area contributed by atoms with Gasteiger partial charge in [0.2, 0.25) is 5.91 Å². The van der Waals surface area contributed by atoms with Crippen LogP contribution in [-0.2, 0) is 4.79 Å². The number of furan rings is 1. The van der Waals surface area contributed by atoms with E-state index in [4.69, 9.17) is 4.42 Å². The SMILES string of the molecule is C[C@@H](NC(=O)CSc1nc(-c2ccccc2)cs1)c1ccco1. The third kappa shape index (κ3) is 4.24. The van der Waals surface area contributed by atoms with Crippen molar-refractivity contribution in [3.8, 4) is 11.3 Å². The molecule has 0 saturated heterocycles. The molecule has 6 heteroatoms. The Balaban J connectivity index is 1.52. The Bertz CT molecular complexity index is 754. The van der Waals surface area contributed by atoms with E-state index in [2.05, 4.69) is 10.3 Å². The zero-order valence-corrected chi connectivity index (χ0v) is 14.2. The topological polar surface area (TPSA) is 55.1 Å². The largest absolute Gasteiger partial charge is 0.467 e. The lowest BCUT2D eigenvalue weighted by atomic mass is 10.2. The lowest BCUT2D eigenvalue weighted by Gasteiger charge is -2.10. The molecule has 0 aliphatic carbocycles. The van der Waals surface area contributed by atoms with Gasteiger partial charge in [0.25, 0.3) is 0 Å². The molecule has 0 radical (unpaired) electrons. The van der Waals surface area contributed by atoms with Crippen LogP contribution in [0.4, 0.5) is 0 Å². The van der Waals surface area contributed by atoms with Gasteiger partial charge in [-0.25, -0.2) is 4.98 Å². The Labute approximate surface area is 142 Å². The molecule has 2 aromatic heterocycles. The molecule has 0 saturated carbocycles. The van der Waals surface area contributed by atoms with Crippen molar-refractivity contribution in [3.63, 3.8) is 0 Å². The van der Waals surface area contributed by atoms with Gasteiger partial charge in [0.05, 0.1) is 23.8 Å². The van der Waals surface area contributed by atoms with Crippen molar-refractivity contribution in [1.82, 2.24) is 10.3 Å². The Morgan fingerprint density at radius 2 is 2.13 bits per heavy atom. The highest BCUT2D eigenvalue weighted by molar-refractivity contribution is 8.01. The number of nitrogens with one attached hydrogen (secondary N) is 1. The Kier molecular flexibility index (Phi) is 5.15. The molecule has 0 fully saturated rings. The predicted molar refractivity (Wildman–Crippen MR) is 93.5 cm³/mol. The van der Waals surface area contributed by atoms with Gasteiger partial charge in [0, 0.05) is 10.9 Å². The van der Waals surface area contributed by atoms with E-state index < -0.39 is 0 Å². The summed E-state index contributed by atoms with van der Waals surface area (Å²) >= 11 is 3.00. The summed E-state index contributed by atoms with van der Waals surface area (Å²) in [7, 11) is 0. The monoisotopic (exact) mass is 344 g/mol. The number of thioether (sulfide) groups is 1. The maximum absolute atomic E-state index is 12.0. The quantitative estimate of drug-likeness (QED) is 0.675. The van der Waals surface area contributed by atoms with E-state index >= 15 is 0 Å². The maximum atomic E-state index is 12.0. The second-order valence-electron chi connectivity index (χ2n) is 4.96. The van der Waals surface area contributed by atoms with Crippen molar-refractivity contribution in [2.75, 3.05) is 5.75 Å². The van der Waals surface area contributed by atoms with E-state index in [9.17, 15) is 4.79 Å². The number of hydrogen-bond donors (Lipinski definition) is 1. The van der Waals surface area contributed by atoms with Crippen molar-refractivity contribution >= 4 is 29.0 Å². The van der Waals surface area contributed by atoms with Crippen LogP contribution in [0.2, 0.25) is 0 Å². The van der Waals surface area contributed by atoms with Crippen LogP contribution in [0, 0.1) is 0 Å². The average Bonchev–Trinajstić information content (AvgIpc) is 3.25. The summed E-state index contributed by atoms with van der Waals surface area (Å²) < 4.78 is 6.17. The normalized spacial score (nSPS) is 12.0. The lowest BCUT2D eigenvalue weighted by molar-refractivity contribution is -0.119. The minimum Gasteiger partial charge on any atom is -0.467 e. The number of benzene rings is 1. The first-order chi connectivity index (χ1) is 11.2. The van der Waals surface area contributed by atoms with Crippen LogP contribution >= 0.6 is 23.1 Å². The molecule has 1 aromatic carbocycles. The minimum absolute atomic E-state index is 0.0321. The average molecular weight is 344 g/mol. The van der Waals surface area contributed by atoms with E-state index in [-0.39, 0.29) is 11.9 Å². The van der Waals surface area contributed by atoms with Crippen LogP contribution in [0.15, 0.2) is 62.9 Å². The molecule has 4 nitrogen and oxygen atoms in total. The van der Waals surface area contributed by atoms with Crippen LogP contribution in [-0.4, -0.2) is 16.6 Å². The fourth-order valence-electron chi connectivity index (χ4n) is 2.08. The molecule has 0 aliphatic heterocycles. The molecule has 0 spiro atoms. The highest BCUT2D eigenvalue weighted by atomic mass is 32.2. The lowest BCUT2D eigenvalue weighted by Crippen LogP contribution is -2.27. The number of carbonyl (C=O) groups excluding carboxylic acids is 1. The number of thiazole rings is 1. The van der Waals surface area contributed by atoms with Gasteiger partial charge in [-0.05, 0) is 19.1 Å². The van der Waals surface area contributed by atoms with Crippen molar-refractivity contribution < 1.29 is 9.21 Å². The Morgan fingerprint density at radius 1 is 1.30 bits per heavy atom. The molecular weight excluding hydrogens is 328 g/mol. The van der Waals surface area contributed by atoms with Gasteiger partial charge in [-0.2, -0.15) is 0 Å². The van der Waals surface area contributed by atoms with Crippen LogP contribution in [0.25, 0.3) is 11.3 Å². The molecular formula is C17H16N2O2S2. The standard InChI is InChI=1S/C17H16N2O2S2/c1-12(15-8-5-9-21-15)18-16(20)11-23-17-19-14(10-22-17)13-6-3-2-4-7-13/h2-10,12H,11H2,1H3,(H,18,20)/t12-/m1/s1. The summed E-state index contributed by atoms with van der Waals surface area (Å²) in [6.45, 7) is 1.90. The second kappa shape index (κ2) is 7.48. The molecule has 3 aromatic rings. The minimum atomic E-state index is -0.130. The van der Waals surface area contributed by atoms with Crippen LogP contribution in [0.1, 0.15) is 18.7 Å². The molecule has 118 valence electrons. The summed E-state index contributed by atoms with van der Waals surface area (Å²) in [6.07, 6.45) is 1.60. The highest BCUT2D eigenvalue weighted by Crippen LogP contribution is 2.28. The highest BCUT2D eigenvalue weighted by Gasteiger charge is 2.13. The molecule has 0 aliphatic rings. The molecule has 23 heavy (non-hydrogen) atoms. The van der Waals surface area contributed by atoms with Gasteiger partial charge in [-0.1, -0.05) is 42.1 Å². The van der Waals surface area contributed by atoms with Gasteiger partial charge in [0.1, 0.15) is 5.76 Å². The van der Waals surface area contributed by atoms with Gasteiger partial charge in [-0.3, -0.25) is 4.79 Å². The van der Waals surface area contributed by atoms with Gasteiger partial charge in [0.15, 0.2) is 4.34 Å². The third-order valence-corrected chi connectivity index (χ3v) is 5.25. The Morgan fingerprint density at radius 3 is 2.87 bits per heavy atom. The zero-order valence-electron chi connectivity index (χ0n) is 12.6. The van der Waals surface area contributed by atoms with Crippen LogP contribution < -0.4 is 5.32 Å². The fraction of sp³-hybridized carbons (Fsp3) is 0.176. The first-order valence-electron chi connectivity index (χ1n) is 7.19. The molecule has 2 heterocycles. The molecule has 1 N–H and O–H groups in total. The summed E-state index contributed by atoms with van der Waals surface area (Å²) in [4.78, 5) is 16.6. The Hall–Kier alpha value is -2.05. The van der Waals surface area contributed by atoms with E-state index in [1.54, 1.807) is 17.6 Å². The number of hydrogen-bond acceptors (Lipinski definition) is 5. The molecule has 0 unspecified atom stereocenters. The first kappa shape index (κ1) is 15.8. The molecule has 3 rings (SSSR count). The van der Waals surface area contributed by atoms with Crippen LogP contribution in [0.5, 0.6) is 0 Å². The van der Waals surface area contributed by atoms with Gasteiger partial charge < -0.3 is 9.73 Å². The first-order valence-corrected chi connectivity index (χ1v) is 9.05. The van der Waals surface area contributed by atoms with E-state index in [1.165, 1.54) is 11.8 Å². The van der Waals surface area contributed by atoms with E-state index in [1.807, 2.05) is 54.8 Å². The third-order valence-electron chi connectivity index (χ3n) is 3.23. The summed E-state index contributed by atoms with van der Waals surface area (Å²) in [6, 6.07) is 13.6. The molecule has 1 amide bonds. The van der Waals surface area contributed by atoms with Crippen LogP contribution in [0.3, 0.4) is 0 Å². The predicted octanol–water partition coefficient (Wildman–Crippen LogP) is 4.37. The summed E-state index contributed by atoms with van der Waals surface area (Å²) in [5, 5.41) is 4.93. The fourth-order valence-corrected chi connectivity index (χ4v) is 3.73.